The van der Waals surface area contributed by atoms with Gasteiger partial charge in [0.2, 0.25) is 5.91 Å². The van der Waals surface area contributed by atoms with Gasteiger partial charge in [-0.2, -0.15) is 0 Å². The Labute approximate surface area is 508 Å². The highest BCUT2D eigenvalue weighted by Crippen LogP contribution is 2.20. The minimum Gasteiger partial charge on any atom is -0.466 e. The van der Waals surface area contributed by atoms with E-state index in [1.165, 1.54) is 360 Å². The van der Waals surface area contributed by atoms with E-state index in [4.69, 9.17) is 4.74 Å². The molecular formula is C75H147NO5. The second kappa shape index (κ2) is 71.1. The molecule has 6 nitrogen and oxygen atoms in total. The van der Waals surface area contributed by atoms with E-state index in [1.54, 1.807) is 0 Å². The van der Waals surface area contributed by atoms with Crippen LogP contribution in [0.4, 0.5) is 0 Å². The van der Waals surface area contributed by atoms with Crippen molar-refractivity contribution in [3.8, 4) is 0 Å². The number of carbonyl (C=O) groups is 2. The fourth-order valence-electron chi connectivity index (χ4n) is 12.1. The van der Waals surface area contributed by atoms with Gasteiger partial charge < -0.3 is 20.3 Å². The second-order valence-corrected chi connectivity index (χ2v) is 26.0. The molecule has 0 aliphatic carbocycles. The van der Waals surface area contributed by atoms with E-state index in [-0.39, 0.29) is 18.5 Å². The third-order valence-corrected chi connectivity index (χ3v) is 17.8. The molecule has 0 bridgehead atoms. The zero-order valence-electron chi connectivity index (χ0n) is 55.3. The van der Waals surface area contributed by atoms with Gasteiger partial charge in [-0.25, -0.2) is 0 Å². The topological polar surface area (TPSA) is 95.9 Å². The Kier molecular flexibility index (Phi) is 69.9. The molecule has 3 N–H and O–H groups in total. The van der Waals surface area contributed by atoms with Crippen molar-refractivity contribution in [2.45, 2.75) is 443 Å². The third kappa shape index (κ3) is 67.6. The van der Waals surface area contributed by atoms with Crippen LogP contribution >= 0.6 is 0 Å². The average molecular weight is 1140 g/mol. The molecule has 0 fully saturated rings. The molecule has 1 amide bonds. The summed E-state index contributed by atoms with van der Waals surface area (Å²) < 4.78 is 5.51. The van der Waals surface area contributed by atoms with E-state index in [9.17, 15) is 19.8 Å². The van der Waals surface area contributed by atoms with Crippen molar-refractivity contribution in [3.63, 3.8) is 0 Å². The van der Waals surface area contributed by atoms with Crippen LogP contribution in [-0.2, 0) is 14.3 Å². The van der Waals surface area contributed by atoms with Crippen molar-refractivity contribution < 1.29 is 24.5 Å². The Morgan fingerprint density at radius 2 is 0.580 bits per heavy atom. The summed E-state index contributed by atoms with van der Waals surface area (Å²) in [6, 6.07) is -0.538. The Morgan fingerprint density at radius 3 is 0.877 bits per heavy atom. The number of nitrogens with one attached hydrogen (secondary N) is 1. The monoisotopic (exact) mass is 1140 g/mol. The van der Waals surface area contributed by atoms with Crippen molar-refractivity contribution in [1.82, 2.24) is 5.32 Å². The maximum absolute atomic E-state index is 12.5. The number of aliphatic hydroxyl groups excluding tert-OH is 2. The first kappa shape index (κ1) is 79.6. The van der Waals surface area contributed by atoms with Gasteiger partial charge in [-0.15, -0.1) is 0 Å². The van der Waals surface area contributed by atoms with Crippen LogP contribution in [0, 0.1) is 0 Å². The lowest BCUT2D eigenvalue weighted by atomic mass is 10.0. The zero-order valence-corrected chi connectivity index (χ0v) is 55.3. The number of hydrogen-bond donors (Lipinski definition) is 3. The first-order chi connectivity index (χ1) is 40.0. The molecule has 0 aliphatic rings. The van der Waals surface area contributed by atoms with Crippen LogP contribution in [0.3, 0.4) is 0 Å². The van der Waals surface area contributed by atoms with Gasteiger partial charge in [0.15, 0.2) is 0 Å². The molecule has 0 aliphatic heterocycles. The Morgan fingerprint density at radius 1 is 0.333 bits per heavy atom. The highest BCUT2D eigenvalue weighted by Gasteiger charge is 2.20. The van der Waals surface area contributed by atoms with Crippen LogP contribution in [0.1, 0.15) is 431 Å². The molecule has 6 heteroatoms. The van der Waals surface area contributed by atoms with Crippen molar-refractivity contribution in [2.75, 3.05) is 13.2 Å². The number of aliphatic hydroxyl groups is 2. The Bertz CT molecular complexity index is 1220. The lowest BCUT2D eigenvalue weighted by Crippen LogP contribution is -2.45. The van der Waals surface area contributed by atoms with E-state index in [0.29, 0.717) is 25.9 Å². The molecule has 482 valence electrons. The van der Waals surface area contributed by atoms with Crippen LogP contribution in [0.2, 0.25) is 0 Å². The molecule has 2 atom stereocenters. The maximum Gasteiger partial charge on any atom is 0.305 e. The summed E-state index contributed by atoms with van der Waals surface area (Å²) in [7, 11) is 0. The van der Waals surface area contributed by atoms with Gasteiger partial charge in [0.25, 0.3) is 0 Å². The Balaban J connectivity index is 3.32. The number of rotatable bonds is 71. The standard InChI is InChI=1S/C75H147NO5/c1-3-5-7-9-11-13-15-17-19-20-38-41-45-49-53-57-61-65-69-75(80)81-70-66-62-58-54-50-46-42-39-36-34-32-30-28-26-24-22-21-23-25-27-29-31-33-35-37-40-44-48-52-56-60-64-68-74(79)76-72(71-77)73(78)67-63-59-55-51-47-43-18-16-14-12-10-8-6-4-2/h24,26,72-73,77-78H,3-23,25,27-71H2,1-2H3,(H,76,79)/b26-24-. The molecule has 0 aromatic heterocycles. The number of carbonyl (C=O) groups excluding carboxylic acids is 2. The molecular weight excluding hydrogens is 995 g/mol. The molecule has 0 aromatic carbocycles. The van der Waals surface area contributed by atoms with Crippen LogP contribution in [-0.4, -0.2) is 47.4 Å². The fourth-order valence-corrected chi connectivity index (χ4v) is 12.1. The van der Waals surface area contributed by atoms with E-state index in [2.05, 4.69) is 31.3 Å². The smallest absolute Gasteiger partial charge is 0.305 e. The van der Waals surface area contributed by atoms with Crippen LogP contribution in [0.5, 0.6) is 0 Å². The van der Waals surface area contributed by atoms with Gasteiger partial charge in [0, 0.05) is 12.8 Å². The van der Waals surface area contributed by atoms with Crippen molar-refractivity contribution in [1.29, 1.82) is 0 Å². The van der Waals surface area contributed by atoms with E-state index in [1.807, 2.05) is 0 Å². The van der Waals surface area contributed by atoms with Crippen molar-refractivity contribution >= 4 is 11.9 Å². The van der Waals surface area contributed by atoms with Gasteiger partial charge in [0.1, 0.15) is 0 Å². The lowest BCUT2D eigenvalue weighted by Gasteiger charge is -2.22. The fraction of sp³-hybridized carbons (Fsp3) is 0.947. The molecule has 0 heterocycles. The number of allylic oxidation sites excluding steroid dienone is 2. The maximum atomic E-state index is 12.5. The van der Waals surface area contributed by atoms with Gasteiger partial charge >= 0.3 is 5.97 Å². The summed E-state index contributed by atoms with van der Waals surface area (Å²) in [6.45, 7) is 5.00. The van der Waals surface area contributed by atoms with Gasteiger partial charge in [0.05, 0.1) is 25.4 Å². The minimum absolute atomic E-state index is 0.0237. The van der Waals surface area contributed by atoms with Gasteiger partial charge in [-0.05, 0) is 51.4 Å². The van der Waals surface area contributed by atoms with Gasteiger partial charge in [-0.1, -0.05) is 379 Å². The van der Waals surface area contributed by atoms with Crippen molar-refractivity contribution in [3.05, 3.63) is 12.2 Å². The minimum atomic E-state index is -0.661. The van der Waals surface area contributed by atoms with E-state index >= 15 is 0 Å². The molecule has 0 saturated heterocycles. The lowest BCUT2D eigenvalue weighted by molar-refractivity contribution is -0.143. The SMILES string of the molecule is CCCCCCCCCCCCCCCCCCCCC(=O)OCCCCCCCCCCCCCC/C=C\CCCCCCCCCCCCCCCCCCC(=O)NC(CO)C(O)CCCCCCCCCCCCCCCC. The summed E-state index contributed by atoms with van der Waals surface area (Å²) in [6.07, 6.45) is 88.6. The first-order valence-corrected chi connectivity index (χ1v) is 37.4. The summed E-state index contributed by atoms with van der Waals surface area (Å²) in [5.41, 5.74) is 0. The number of hydrogen-bond acceptors (Lipinski definition) is 5. The summed E-state index contributed by atoms with van der Waals surface area (Å²) >= 11 is 0. The largest absolute Gasteiger partial charge is 0.466 e. The van der Waals surface area contributed by atoms with Crippen LogP contribution in [0.25, 0.3) is 0 Å². The summed E-state index contributed by atoms with van der Waals surface area (Å²) in [5, 5.41) is 23.3. The molecule has 2 unspecified atom stereocenters. The molecule has 0 aromatic rings. The normalized spacial score (nSPS) is 12.5. The van der Waals surface area contributed by atoms with E-state index in [0.717, 1.165) is 38.5 Å². The van der Waals surface area contributed by atoms with Crippen LogP contribution in [0.15, 0.2) is 12.2 Å². The molecule has 0 radical (unpaired) electrons. The number of amides is 1. The summed E-state index contributed by atoms with van der Waals surface area (Å²) in [4.78, 5) is 24.6. The average Bonchev–Trinajstić information content (AvgIpc) is 3.47. The predicted molar refractivity (Wildman–Crippen MR) is 357 cm³/mol. The predicted octanol–water partition coefficient (Wildman–Crippen LogP) is 24.3. The molecule has 81 heavy (non-hydrogen) atoms. The van der Waals surface area contributed by atoms with Crippen molar-refractivity contribution in [2.24, 2.45) is 0 Å². The molecule has 0 rings (SSSR count). The number of ether oxygens (including phenoxy) is 1. The quantitative estimate of drug-likeness (QED) is 0.0320. The van der Waals surface area contributed by atoms with E-state index < -0.39 is 12.1 Å². The number of esters is 1. The zero-order chi connectivity index (χ0) is 58.5. The second-order valence-electron chi connectivity index (χ2n) is 26.0. The molecule has 0 saturated carbocycles. The highest BCUT2D eigenvalue weighted by atomic mass is 16.5. The molecule has 0 spiro atoms. The summed E-state index contributed by atoms with van der Waals surface area (Å²) in [5.74, 6) is -0.00548. The first-order valence-electron chi connectivity index (χ1n) is 37.4. The number of unbranched alkanes of at least 4 members (excludes halogenated alkanes) is 58. The van der Waals surface area contributed by atoms with Gasteiger partial charge in [-0.3, -0.25) is 9.59 Å². The highest BCUT2D eigenvalue weighted by molar-refractivity contribution is 5.76. The Hall–Kier alpha value is -1.40. The van der Waals surface area contributed by atoms with Crippen LogP contribution < -0.4 is 5.32 Å². The third-order valence-electron chi connectivity index (χ3n) is 17.8.